The van der Waals surface area contributed by atoms with Crippen molar-refractivity contribution in [3.63, 3.8) is 0 Å². The summed E-state index contributed by atoms with van der Waals surface area (Å²) in [6, 6.07) is 8.77. The van der Waals surface area contributed by atoms with E-state index < -0.39 is 0 Å². The molecule has 0 atom stereocenters. The van der Waals surface area contributed by atoms with Crippen LogP contribution in [0.4, 0.5) is 0 Å². The molecule has 1 aromatic heterocycles. The van der Waals surface area contributed by atoms with Gasteiger partial charge in [-0.2, -0.15) is 4.57 Å². The number of nitrogens with one attached hydrogen (secondary N) is 1. The highest BCUT2D eigenvalue weighted by Gasteiger charge is 2.23. The molecular weight excluding hydrogens is 363 g/mol. The van der Waals surface area contributed by atoms with Gasteiger partial charge in [0.1, 0.15) is 0 Å². The molecular formula is C18H17Cl2N2OS+. The Bertz CT molecular complexity index is 818. The first kappa shape index (κ1) is 18.5. The number of benzene rings is 1. The number of hydrogen-bond acceptors (Lipinski definition) is 2. The average molecular weight is 380 g/mol. The number of aryl methyl sites for hydroxylation is 1. The Labute approximate surface area is 156 Å². The second kappa shape index (κ2) is 8.29. The van der Waals surface area contributed by atoms with Crippen molar-refractivity contribution in [1.29, 1.82) is 0 Å². The van der Waals surface area contributed by atoms with E-state index in [1.807, 2.05) is 31.5 Å². The quantitative estimate of drug-likeness (QED) is 0.262. The maximum Gasteiger partial charge on any atom is 0.288 e. The van der Waals surface area contributed by atoms with Gasteiger partial charge in [0.05, 0.1) is 10.0 Å². The van der Waals surface area contributed by atoms with Gasteiger partial charge in [-0.15, -0.1) is 6.58 Å². The molecule has 0 aliphatic heterocycles. The van der Waals surface area contributed by atoms with Crippen LogP contribution in [-0.4, -0.2) is 16.6 Å². The van der Waals surface area contributed by atoms with E-state index in [9.17, 15) is 5.11 Å². The number of halogens is 2. The predicted molar refractivity (Wildman–Crippen MR) is 104 cm³/mol. The normalized spacial score (nSPS) is 11.6. The topological polar surface area (TPSA) is 36.1 Å². The van der Waals surface area contributed by atoms with E-state index in [2.05, 4.69) is 11.9 Å². The van der Waals surface area contributed by atoms with Crippen molar-refractivity contribution < 1.29 is 9.67 Å². The molecule has 0 saturated carbocycles. The Morgan fingerprint density at radius 2 is 2.08 bits per heavy atom. The van der Waals surface area contributed by atoms with Crippen molar-refractivity contribution in [2.24, 2.45) is 0 Å². The van der Waals surface area contributed by atoms with Gasteiger partial charge in [0.15, 0.2) is 23.1 Å². The van der Waals surface area contributed by atoms with E-state index in [0.717, 1.165) is 5.56 Å². The molecule has 0 bridgehead atoms. The second-order valence-electron chi connectivity index (χ2n) is 5.11. The predicted octanol–water partition coefficient (Wildman–Crippen LogP) is 4.58. The monoisotopic (exact) mass is 379 g/mol. The Hall–Kier alpha value is -1.88. The molecule has 124 valence electrons. The number of aromatic nitrogens is 1. The molecule has 0 aliphatic carbocycles. The third-order valence-corrected chi connectivity index (χ3v) is 4.32. The van der Waals surface area contributed by atoms with Crippen LogP contribution in [0.2, 0.25) is 10.0 Å². The Kier molecular flexibility index (Phi) is 6.37. The van der Waals surface area contributed by atoms with Crippen molar-refractivity contribution in [3.05, 3.63) is 76.6 Å². The van der Waals surface area contributed by atoms with Gasteiger partial charge in [-0.3, -0.25) is 0 Å². The average Bonchev–Trinajstić information content (AvgIpc) is 2.55. The minimum absolute atomic E-state index is 0.00530. The zero-order valence-electron chi connectivity index (χ0n) is 13.1. The third kappa shape index (κ3) is 4.35. The maximum atomic E-state index is 10.8. The fraction of sp³-hybridized carbons (Fsp3) is 0.111. The van der Waals surface area contributed by atoms with Crippen LogP contribution in [0.5, 0.6) is 0 Å². The Morgan fingerprint density at radius 3 is 2.71 bits per heavy atom. The minimum atomic E-state index is 0.00530. The molecule has 1 heterocycles. The molecule has 0 radical (unpaired) electrons. The molecule has 0 unspecified atom stereocenters. The molecule has 2 aromatic rings. The standard InChI is InChI=1S/C18H16Cl2N2OS/c1-3-8-21-18(24)16(22-9-4-5-12(2)11-22)17(23)13-6-7-14(19)15(20)10-13/h3-7,9-11H,1,8H2,2H3,(H-,21,23,24)/p+1. The molecule has 0 aliphatic rings. The lowest BCUT2D eigenvalue weighted by molar-refractivity contribution is -0.576. The molecule has 0 fully saturated rings. The molecule has 0 saturated heterocycles. The molecule has 0 spiro atoms. The van der Waals surface area contributed by atoms with E-state index >= 15 is 0 Å². The number of thiocarbonyl (C=S) groups is 1. The van der Waals surface area contributed by atoms with E-state index in [4.69, 9.17) is 35.4 Å². The van der Waals surface area contributed by atoms with Gasteiger partial charge in [-0.05, 0) is 31.2 Å². The van der Waals surface area contributed by atoms with E-state index in [-0.39, 0.29) is 5.76 Å². The van der Waals surface area contributed by atoms with Crippen LogP contribution in [-0.2, 0) is 0 Å². The fourth-order valence-electron chi connectivity index (χ4n) is 2.11. The van der Waals surface area contributed by atoms with Gasteiger partial charge < -0.3 is 10.4 Å². The van der Waals surface area contributed by atoms with Crippen molar-refractivity contribution in [1.82, 2.24) is 5.32 Å². The van der Waals surface area contributed by atoms with Crippen LogP contribution in [0.25, 0.3) is 11.5 Å². The second-order valence-corrected chi connectivity index (χ2v) is 6.34. The van der Waals surface area contributed by atoms with E-state index in [1.54, 1.807) is 28.8 Å². The van der Waals surface area contributed by atoms with Crippen molar-refractivity contribution in [2.75, 3.05) is 6.54 Å². The number of aliphatic hydroxyl groups is 1. The molecule has 2 rings (SSSR count). The van der Waals surface area contributed by atoms with Gasteiger partial charge >= 0.3 is 0 Å². The zero-order valence-corrected chi connectivity index (χ0v) is 15.4. The number of rotatable bonds is 5. The van der Waals surface area contributed by atoms with Gasteiger partial charge in [0, 0.05) is 23.7 Å². The summed E-state index contributed by atoms with van der Waals surface area (Å²) in [5.41, 5.74) is 2.01. The summed E-state index contributed by atoms with van der Waals surface area (Å²) in [5.74, 6) is 0.00530. The van der Waals surface area contributed by atoms with Crippen LogP contribution >= 0.6 is 35.4 Å². The number of nitrogens with zero attached hydrogens (tertiary/aromatic N) is 1. The van der Waals surface area contributed by atoms with Crippen molar-refractivity contribution >= 4 is 51.9 Å². The van der Waals surface area contributed by atoms with Gasteiger partial charge in [-0.25, -0.2) is 0 Å². The lowest BCUT2D eigenvalue weighted by atomic mass is 10.1. The Balaban J connectivity index is 2.60. The first-order chi connectivity index (χ1) is 11.4. The van der Waals surface area contributed by atoms with Gasteiger partial charge in [-0.1, -0.05) is 41.5 Å². The number of aliphatic hydroxyl groups excluding tert-OH is 1. The van der Waals surface area contributed by atoms with Crippen LogP contribution < -0.4 is 9.88 Å². The number of hydrogen-bond donors (Lipinski definition) is 2. The molecule has 24 heavy (non-hydrogen) atoms. The summed E-state index contributed by atoms with van der Waals surface area (Å²) in [6.45, 7) is 6.12. The van der Waals surface area contributed by atoms with E-state index in [0.29, 0.717) is 32.8 Å². The highest BCUT2D eigenvalue weighted by atomic mass is 35.5. The summed E-state index contributed by atoms with van der Waals surface area (Å²) < 4.78 is 1.77. The third-order valence-electron chi connectivity index (χ3n) is 3.25. The van der Waals surface area contributed by atoms with Gasteiger partial charge in [0.25, 0.3) is 5.70 Å². The first-order valence-corrected chi connectivity index (χ1v) is 8.36. The van der Waals surface area contributed by atoms with Crippen LogP contribution in [0.1, 0.15) is 11.1 Å². The fourth-order valence-corrected chi connectivity index (χ4v) is 2.69. The van der Waals surface area contributed by atoms with E-state index in [1.165, 1.54) is 0 Å². The summed E-state index contributed by atoms with van der Waals surface area (Å²) in [6.07, 6.45) is 5.39. The molecule has 6 heteroatoms. The zero-order chi connectivity index (χ0) is 17.7. The lowest BCUT2D eigenvalue weighted by Gasteiger charge is -2.09. The van der Waals surface area contributed by atoms with Crippen molar-refractivity contribution in [3.8, 4) is 0 Å². The summed E-state index contributed by atoms with van der Waals surface area (Å²) in [7, 11) is 0. The first-order valence-electron chi connectivity index (χ1n) is 7.20. The van der Waals surface area contributed by atoms with Crippen molar-refractivity contribution in [2.45, 2.75) is 6.92 Å². The Morgan fingerprint density at radius 1 is 1.33 bits per heavy atom. The summed E-state index contributed by atoms with van der Waals surface area (Å²) in [4.78, 5) is 0.397. The molecule has 2 N–H and O–H groups in total. The largest absolute Gasteiger partial charge is 0.502 e. The molecule has 3 nitrogen and oxygen atoms in total. The van der Waals surface area contributed by atoms with Gasteiger partial charge in [0.2, 0.25) is 0 Å². The smallest absolute Gasteiger partial charge is 0.288 e. The highest BCUT2D eigenvalue weighted by Crippen LogP contribution is 2.26. The SMILES string of the molecule is C=CCNC(=S)/C(=C(\O)c1ccc(Cl)c(Cl)c1)[n+]1cccc(C)c1. The summed E-state index contributed by atoms with van der Waals surface area (Å²) in [5, 5.41) is 14.6. The molecule has 1 aromatic carbocycles. The van der Waals surface area contributed by atoms with Crippen LogP contribution in [0, 0.1) is 6.92 Å². The molecule has 0 amide bonds. The summed E-state index contributed by atoms with van der Waals surface area (Å²) >= 11 is 17.5. The van der Waals surface area contributed by atoms with Crippen LogP contribution in [0.15, 0.2) is 55.4 Å². The minimum Gasteiger partial charge on any atom is -0.502 e. The van der Waals surface area contributed by atoms with Crippen LogP contribution in [0.3, 0.4) is 0 Å². The highest BCUT2D eigenvalue weighted by molar-refractivity contribution is 7.81. The lowest BCUT2D eigenvalue weighted by Crippen LogP contribution is -2.41. The number of pyridine rings is 1. The maximum absolute atomic E-state index is 10.8.